The minimum absolute atomic E-state index is 0.0114. The monoisotopic (exact) mass is 209 g/mol. The molecule has 15 heavy (non-hydrogen) atoms. The molecule has 1 aliphatic rings. The van der Waals surface area contributed by atoms with E-state index in [0.29, 0.717) is 6.54 Å². The van der Waals surface area contributed by atoms with Crippen LogP contribution in [0.4, 0.5) is 0 Å². The lowest BCUT2D eigenvalue weighted by Crippen LogP contribution is -2.31. The Hall–Kier alpha value is -1.29. The van der Waals surface area contributed by atoms with Gasteiger partial charge in [-0.25, -0.2) is 0 Å². The highest BCUT2D eigenvalue weighted by atomic mass is 16.3. The molecule has 1 fully saturated rings. The van der Waals surface area contributed by atoms with Gasteiger partial charge in [0.1, 0.15) is 5.76 Å². The van der Waals surface area contributed by atoms with E-state index in [4.69, 9.17) is 9.52 Å². The maximum atomic E-state index is 11.6. The smallest absolute Gasteiger partial charge is 0.223 e. The van der Waals surface area contributed by atoms with Crippen molar-refractivity contribution in [2.24, 2.45) is 5.92 Å². The Labute approximate surface area is 88.3 Å². The lowest BCUT2D eigenvalue weighted by molar-refractivity contribution is -0.122. The van der Waals surface area contributed by atoms with Gasteiger partial charge in [0.2, 0.25) is 5.91 Å². The number of nitrogens with one attached hydrogen (secondary N) is 1. The Morgan fingerprint density at radius 1 is 1.80 bits per heavy atom. The zero-order valence-corrected chi connectivity index (χ0v) is 8.64. The Kier molecular flexibility index (Phi) is 2.77. The van der Waals surface area contributed by atoms with Crippen LogP contribution in [0.1, 0.15) is 25.0 Å². The van der Waals surface area contributed by atoms with E-state index in [0.717, 1.165) is 12.2 Å². The number of aliphatic hydroxyl groups excluding tert-OH is 1. The van der Waals surface area contributed by atoms with E-state index in [2.05, 4.69) is 5.32 Å². The van der Waals surface area contributed by atoms with E-state index >= 15 is 0 Å². The Bertz CT molecular complexity index is 332. The Morgan fingerprint density at radius 3 is 3.20 bits per heavy atom. The minimum Gasteiger partial charge on any atom is -0.469 e. The van der Waals surface area contributed by atoms with Crippen molar-refractivity contribution in [3.63, 3.8) is 0 Å². The van der Waals surface area contributed by atoms with E-state index in [1.54, 1.807) is 13.2 Å². The van der Waals surface area contributed by atoms with Gasteiger partial charge in [0.25, 0.3) is 0 Å². The average Bonchev–Trinajstić information content (AvgIpc) is 2.82. The molecule has 0 radical (unpaired) electrons. The third-order valence-corrected chi connectivity index (χ3v) is 2.61. The topological polar surface area (TPSA) is 62.5 Å². The van der Waals surface area contributed by atoms with Crippen LogP contribution in [0.2, 0.25) is 0 Å². The van der Waals surface area contributed by atoms with E-state index < -0.39 is 6.10 Å². The van der Waals surface area contributed by atoms with Gasteiger partial charge in [-0.15, -0.1) is 0 Å². The first-order valence-corrected chi connectivity index (χ1v) is 5.17. The third kappa shape index (κ3) is 2.39. The molecule has 1 aliphatic carbocycles. The summed E-state index contributed by atoms with van der Waals surface area (Å²) in [5, 5.41) is 11.7. The standard InChI is InChI=1S/C11H15NO3/c1-7(13)6-12-11(14)9-5-8(9)10-3-2-4-15-10/h2-4,7-9,13H,5-6H2,1H3,(H,12,14). The summed E-state index contributed by atoms with van der Waals surface area (Å²) in [4.78, 5) is 11.6. The number of carbonyl (C=O) groups excluding carboxylic acids is 1. The fourth-order valence-corrected chi connectivity index (χ4v) is 1.68. The molecule has 0 aromatic carbocycles. The van der Waals surface area contributed by atoms with Gasteiger partial charge in [0, 0.05) is 18.4 Å². The second-order valence-corrected chi connectivity index (χ2v) is 4.06. The first-order valence-electron chi connectivity index (χ1n) is 5.17. The van der Waals surface area contributed by atoms with Crippen LogP contribution in [0.25, 0.3) is 0 Å². The summed E-state index contributed by atoms with van der Waals surface area (Å²) in [7, 11) is 0. The highest BCUT2D eigenvalue weighted by Gasteiger charge is 2.45. The van der Waals surface area contributed by atoms with Crippen molar-refractivity contribution in [1.29, 1.82) is 0 Å². The summed E-state index contributed by atoms with van der Waals surface area (Å²) in [6.07, 6.45) is 1.98. The highest BCUT2D eigenvalue weighted by Crippen LogP contribution is 2.47. The molecule has 0 bridgehead atoms. The first-order chi connectivity index (χ1) is 7.18. The number of rotatable bonds is 4. The van der Waals surface area contributed by atoms with Crippen LogP contribution in [0.3, 0.4) is 0 Å². The van der Waals surface area contributed by atoms with E-state index in [1.807, 2.05) is 12.1 Å². The number of hydrogen-bond donors (Lipinski definition) is 2. The summed E-state index contributed by atoms with van der Waals surface area (Å²) in [5.41, 5.74) is 0. The molecule has 1 heterocycles. The lowest BCUT2D eigenvalue weighted by atomic mass is 10.2. The molecule has 0 saturated heterocycles. The SMILES string of the molecule is CC(O)CNC(=O)C1CC1c1ccco1. The van der Waals surface area contributed by atoms with Crippen molar-refractivity contribution in [1.82, 2.24) is 5.32 Å². The quantitative estimate of drug-likeness (QED) is 0.773. The van der Waals surface area contributed by atoms with Crippen LogP contribution in [0, 0.1) is 5.92 Å². The Morgan fingerprint density at radius 2 is 2.60 bits per heavy atom. The first kappa shape index (κ1) is 10.2. The van der Waals surface area contributed by atoms with Crippen LogP contribution in [0.15, 0.2) is 22.8 Å². The summed E-state index contributed by atoms with van der Waals surface area (Å²) < 4.78 is 5.23. The molecule has 4 heteroatoms. The van der Waals surface area contributed by atoms with Gasteiger partial charge in [-0.1, -0.05) is 0 Å². The maximum Gasteiger partial charge on any atom is 0.223 e. The van der Waals surface area contributed by atoms with Crippen LogP contribution < -0.4 is 5.32 Å². The zero-order valence-electron chi connectivity index (χ0n) is 8.64. The van der Waals surface area contributed by atoms with E-state index in [1.165, 1.54) is 0 Å². The second kappa shape index (κ2) is 4.06. The highest BCUT2D eigenvalue weighted by molar-refractivity contribution is 5.82. The molecule has 4 nitrogen and oxygen atoms in total. The van der Waals surface area contributed by atoms with Crippen molar-refractivity contribution < 1.29 is 14.3 Å². The molecular weight excluding hydrogens is 194 g/mol. The number of hydrogen-bond acceptors (Lipinski definition) is 3. The van der Waals surface area contributed by atoms with Crippen molar-refractivity contribution in [2.75, 3.05) is 6.54 Å². The molecule has 2 N–H and O–H groups in total. The lowest BCUT2D eigenvalue weighted by Gasteiger charge is -2.05. The summed E-state index contributed by atoms with van der Waals surface area (Å²) in [6, 6.07) is 3.73. The molecule has 0 aliphatic heterocycles. The molecule has 1 amide bonds. The summed E-state index contributed by atoms with van der Waals surface area (Å²) in [5.74, 6) is 1.15. The second-order valence-electron chi connectivity index (χ2n) is 4.06. The number of carbonyl (C=O) groups is 1. The van der Waals surface area contributed by atoms with Gasteiger partial charge in [-0.05, 0) is 25.5 Å². The molecule has 2 rings (SSSR count). The van der Waals surface area contributed by atoms with Gasteiger partial charge < -0.3 is 14.8 Å². The molecule has 0 spiro atoms. The fraction of sp³-hybridized carbons (Fsp3) is 0.545. The van der Waals surface area contributed by atoms with Gasteiger partial charge in [0.15, 0.2) is 0 Å². The van der Waals surface area contributed by atoms with Gasteiger partial charge in [0.05, 0.1) is 12.4 Å². The molecule has 3 unspecified atom stereocenters. The van der Waals surface area contributed by atoms with Crippen molar-refractivity contribution in [3.05, 3.63) is 24.2 Å². The molecular formula is C11H15NO3. The normalized spacial score (nSPS) is 26.0. The molecule has 82 valence electrons. The van der Waals surface area contributed by atoms with E-state index in [9.17, 15) is 4.79 Å². The van der Waals surface area contributed by atoms with Crippen LogP contribution in [0.5, 0.6) is 0 Å². The van der Waals surface area contributed by atoms with Crippen LogP contribution >= 0.6 is 0 Å². The van der Waals surface area contributed by atoms with Crippen molar-refractivity contribution in [3.8, 4) is 0 Å². The average molecular weight is 209 g/mol. The molecule has 1 saturated carbocycles. The Balaban J connectivity index is 1.81. The largest absolute Gasteiger partial charge is 0.469 e. The third-order valence-electron chi connectivity index (χ3n) is 2.61. The van der Waals surface area contributed by atoms with Gasteiger partial charge in [-0.2, -0.15) is 0 Å². The number of aliphatic hydroxyl groups is 1. The van der Waals surface area contributed by atoms with Crippen LogP contribution in [-0.2, 0) is 4.79 Å². The molecule has 1 aromatic rings. The molecule has 1 aromatic heterocycles. The van der Waals surface area contributed by atoms with Crippen LogP contribution in [-0.4, -0.2) is 23.7 Å². The number of furan rings is 1. The van der Waals surface area contributed by atoms with Gasteiger partial charge in [-0.3, -0.25) is 4.79 Å². The van der Waals surface area contributed by atoms with E-state index in [-0.39, 0.29) is 17.7 Å². The predicted octanol–water partition coefficient (Wildman–Crippen LogP) is 0.880. The molecule has 3 atom stereocenters. The maximum absolute atomic E-state index is 11.6. The predicted molar refractivity (Wildman–Crippen MR) is 54.2 cm³/mol. The van der Waals surface area contributed by atoms with Crippen molar-refractivity contribution in [2.45, 2.75) is 25.4 Å². The minimum atomic E-state index is -0.491. The number of amides is 1. The fourth-order valence-electron chi connectivity index (χ4n) is 1.68. The summed E-state index contributed by atoms with van der Waals surface area (Å²) in [6.45, 7) is 1.97. The zero-order chi connectivity index (χ0) is 10.8. The van der Waals surface area contributed by atoms with Gasteiger partial charge >= 0.3 is 0 Å². The summed E-state index contributed by atoms with van der Waals surface area (Å²) >= 11 is 0. The van der Waals surface area contributed by atoms with Crippen molar-refractivity contribution >= 4 is 5.91 Å².